The molecule has 0 aromatic heterocycles. The summed E-state index contributed by atoms with van der Waals surface area (Å²) in [6, 6.07) is 12.5. The summed E-state index contributed by atoms with van der Waals surface area (Å²) >= 11 is 1.54. The van der Waals surface area contributed by atoms with Crippen LogP contribution in [0, 0.1) is 40.4 Å². The number of carbonyl (C=O) groups is 2. The van der Waals surface area contributed by atoms with Crippen LogP contribution in [0.3, 0.4) is 0 Å². The number of nitrogens with one attached hydrogen (secondary N) is 2. The van der Waals surface area contributed by atoms with E-state index in [1.165, 1.54) is 50.8 Å². The van der Waals surface area contributed by atoms with E-state index in [2.05, 4.69) is 39.8 Å². The highest BCUT2D eigenvalue weighted by Crippen LogP contribution is 2.37. The van der Waals surface area contributed by atoms with Gasteiger partial charge in [-0.05, 0) is 68.7 Å². The number of amides is 2. The SMILES string of the molecule is CCN1C(=O)C(CCNc2cccc(CCN3CC[C@H]4CCCC[C@@H]4C3)c2)SC1CC(C#N)C(=O)NCC#N. The molecular formula is C30H42N6O2S. The van der Waals surface area contributed by atoms with Gasteiger partial charge in [-0.1, -0.05) is 31.4 Å². The van der Waals surface area contributed by atoms with Gasteiger partial charge in [-0.15, -0.1) is 11.8 Å². The van der Waals surface area contributed by atoms with E-state index in [4.69, 9.17) is 5.26 Å². The van der Waals surface area contributed by atoms with Crippen LogP contribution in [0.4, 0.5) is 5.69 Å². The Bertz CT molecular complexity index is 1070. The molecule has 0 spiro atoms. The average molecular weight is 551 g/mol. The van der Waals surface area contributed by atoms with Crippen molar-refractivity contribution in [3.63, 3.8) is 0 Å². The van der Waals surface area contributed by atoms with E-state index < -0.39 is 11.8 Å². The number of nitrogens with zero attached hydrogens (tertiary/aromatic N) is 4. The maximum Gasteiger partial charge on any atom is 0.238 e. The van der Waals surface area contributed by atoms with Gasteiger partial charge in [-0.2, -0.15) is 10.5 Å². The second-order valence-corrected chi connectivity index (χ2v) is 12.4. The molecule has 1 aliphatic carbocycles. The van der Waals surface area contributed by atoms with Gasteiger partial charge in [0.05, 0.1) is 22.8 Å². The average Bonchev–Trinajstić information content (AvgIpc) is 3.27. The first-order chi connectivity index (χ1) is 19.0. The van der Waals surface area contributed by atoms with E-state index in [0.717, 1.165) is 30.5 Å². The van der Waals surface area contributed by atoms with E-state index in [-0.39, 0.29) is 29.5 Å². The minimum Gasteiger partial charge on any atom is -0.385 e. The molecule has 0 radical (unpaired) electrons. The standard InChI is InChI=1S/C30H42N6O2S/c1-2-36-28(19-25(20-32)29(37)34-15-13-31)39-27(30(36)38)10-14-33-26-9-5-6-22(18-26)11-16-35-17-12-23-7-3-4-8-24(23)21-35/h5-6,9,18,23-25,27-28,33H,2-4,7-8,10-12,14-17,19,21H2,1H3,(H,34,37)/t23-,24-,25?,27?,28?/m1/s1. The predicted octanol–water partition coefficient (Wildman–Crippen LogP) is 4.00. The van der Waals surface area contributed by atoms with Crippen LogP contribution in [0.15, 0.2) is 24.3 Å². The number of hydrogen-bond donors (Lipinski definition) is 2. The van der Waals surface area contributed by atoms with Gasteiger partial charge in [-0.25, -0.2) is 0 Å². The minimum atomic E-state index is -0.883. The van der Waals surface area contributed by atoms with E-state index in [1.807, 2.05) is 19.1 Å². The number of rotatable bonds is 12. The van der Waals surface area contributed by atoms with Crippen molar-refractivity contribution < 1.29 is 9.59 Å². The van der Waals surface area contributed by atoms with Gasteiger partial charge >= 0.3 is 0 Å². The number of piperidine rings is 1. The topological polar surface area (TPSA) is 112 Å². The number of thioether (sulfide) groups is 1. The Morgan fingerprint density at radius 1 is 1.21 bits per heavy atom. The number of carbonyl (C=O) groups excluding carboxylic acids is 2. The van der Waals surface area contributed by atoms with Crippen LogP contribution in [0.25, 0.3) is 0 Å². The number of nitriles is 2. The molecule has 39 heavy (non-hydrogen) atoms. The van der Waals surface area contributed by atoms with Gasteiger partial charge in [0.25, 0.3) is 0 Å². The summed E-state index contributed by atoms with van der Waals surface area (Å²) in [5.74, 6) is 0.608. The third kappa shape index (κ3) is 7.90. The fourth-order valence-corrected chi connectivity index (χ4v) is 7.99. The number of fused-ring (bicyclic) bond motifs is 1. The van der Waals surface area contributed by atoms with Gasteiger partial charge in [0.2, 0.25) is 11.8 Å². The van der Waals surface area contributed by atoms with Crippen molar-refractivity contribution in [1.82, 2.24) is 15.1 Å². The zero-order valence-corrected chi connectivity index (χ0v) is 23.9. The predicted molar refractivity (Wildman–Crippen MR) is 155 cm³/mol. The number of hydrogen-bond acceptors (Lipinski definition) is 7. The molecule has 2 saturated heterocycles. The monoisotopic (exact) mass is 550 g/mol. The Hall–Kier alpha value is -2.75. The zero-order valence-electron chi connectivity index (χ0n) is 23.1. The van der Waals surface area contributed by atoms with Gasteiger partial charge in [0.1, 0.15) is 12.5 Å². The second kappa shape index (κ2) is 14.6. The molecule has 2 N–H and O–H groups in total. The Kier molecular flexibility index (Phi) is 10.9. The molecule has 2 amide bonds. The van der Waals surface area contributed by atoms with Crippen molar-refractivity contribution in [3.8, 4) is 12.1 Å². The summed E-state index contributed by atoms with van der Waals surface area (Å²) in [5.41, 5.74) is 2.42. The quantitative estimate of drug-likeness (QED) is 0.378. The number of likely N-dealkylation sites (tertiary alicyclic amines) is 1. The fraction of sp³-hybridized carbons (Fsp3) is 0.667. The lowest BCUT2D eigenvalue weighted by Crippen LogP contribution is -2.42. The zero-order chi connectivity index (χ0) is 27.6. The first-order valence-electron chi connectivity index (χ1n) is 14.6. The van der Waals surface area contributed by atoms with Gasteiger partial charge in [-0.3, -0.25) is 9.59 Å². The molecule has 1 aromatic rings. The molecule has 9 heteroatoms. The summed E-state index contributed by atoms with van der Waals surface area (Å²) in [4.78, 5) is 29.7. The van der Waals surface area contributed by atoms with Crippen LogP contribution in [0.1, 0.15) is 57.4 Å². The van der Waals surface area contributed by atoms with E-state index in [1.54, 1.807) is 16.7 Å². The summed E-state index contributed by atoms with van der Waals surface area (Å²) in [7, 11) is 0. The van der Waals surface area contributed by atoms with Crippen LogP contribution >= 0.6 is 11.8 Å². The van der Waals surface area contributed by atoms with Crippen molar-refractivity contribution in [3.05, 3.63) is 29.8 Å². The Morgan fingerprint density at radius 3 is 2.79 bits per heavy atom. The molecule has 8 nitrogen and oxygen atoms in total. The van der Waals surface area contributed by atoms with E-state index in [9.17, 15) is 14.9 Å². The Morgan fingerprint density at radius 2 is 2.03 bits per heavy atom. The van der Waals surface area contributed by atoms with Crippen molar-refractivity contribution in [2.75, 3.05) is 44.6 Å². The van der Waals surface area contributed by atoms with Crippen LogP contribution in [0.2, 0.25) is 0 Å². The van der Waals surface area contributed by atoms with Crippen LogP contribution in [0.5, 0.6) is 0 Å². The first kappa shape index (κ1) is 29.2. The van der Waals surface area contributed by atoms with E-state index >= 15 is 0 Å². The Balaban J connectivity index is 1.23. The smallest absolute Gasteiger partial charge is 0.238 e. The third-order valence-electron chi connectivity index (χ3n) is 8.57. The molecule has 5 atom stereocenters. The van der Waals surface area contributed by atoms with Gasteiger partial charge in [0.15, 0.2) is 0 Å². The highest BCUT2D eigenvalue weighted by molar-refractivity contribution is 8.01. The molecule has 3 fully saturated rings. The van der Waals surface area contributed by atoms with Crippen LogP contribution in [-0.4, -0.2) is 71.5 Å². The van der Waals surface area contributed by atoms with Crippen molar-refractivity contribution in [2.24, 2.45) is 17.8 Å². The largest absolute Gasteiger partial charge is 0.385 e. The first-order valence-corrected chi connectivity index (χ1v) is 15.5. The third-order valence-corrected chi connectivity index (χ3v) is 10.1. The number of anilines is 1. The number of benzene rings is 1. The molecule has 1 saturated carbocycles. The molecule has 2 heterocycles. The minimum absolute atomic E-state index is 0.0684. The summed E-state index contributed by atoms with van der Waals surface area (Å²) in [6.07, 6.45) is 9.05. The lowest BCUT2D eigenvalue weighted by molar-refractivity contribution is -0.131. The van der Waals surface area contributed by atoms with Crippen molar-refractivity contribution >= 4 is 29.3 Å². The molecule has 1 aromatic carbocycles. The molecular weight excluding hydrogens is 508 g/mol. The van der Waals surface area contributed by atoms with Crippen LogP contribution < -0.4 is 10.6 Å². The fourth-order valence-electron chi connectivity index (χ4n) is 6.40. The summed E-state index contributed by atoms with van der Waals surface area (Å²) < 4.78 is 0. The van der Waals surface area contributed by atoms with Crippen molar-refractivity contribution in [2.45, 2.75) is 68.9 Å². The molecule has 3 unspecified atom stereocenters. The molecule has 3 aliphatic rings. The van der Waals surface area contributed by atoms with E-state index in [0.29, 0.717) is 19.5 Å². The Labute approximate surface area is 237 Å². The van der Waals surface area contributed by atoms with Gasteiger partial charge < -0.3 is 20.4 Å². The summed E-state index contributed by atoms with van der Waals surface area (Å²) in [5, 5.41) is 23.7. The molecule has 210 valence electrons. The van der Waals surface area contributed by atoms with Crippen molar-refractivity contribution in [1.29, 1.82) is 10.5 Å². The molecule has 0 bridgehead atoms. The highest BCUT2D eigenvalue weighted by Gasteiger charge is 2.41. The summed E-state index contributed by atoms with van der Waals surface area (Å²) in [6.45, 7) is 6.64. The van der Waals surface area contributed by atoms with Crippen LogP contribution in [-0.2, 0) is 16.0 Å². The maximum atomic E-state index is 13.0. The lowest BCUT2D eigenvalue weighted by atomic mass is 9.75. The second-order valence-electron chi connectivity index (χ2n) is 11.1. The highest BCUT2D eigenvalue weighted by atomic mass is 32.2. The normalized spacial score (nSPS) is 25.8. The van der Waals surface area contributed by atoms with Gasteiger partial charge in [0, 0.05) is 38.3 Å². The lowest BCUT2D eigenvalue weighted by Gasteiger charge is -2.41. The molecule has 4 rings (SSSR count). The molecule has 2 aliphatic heterocycles. The maximum absolute atomic E-state index is 13.0.